The van der Waals surface area contributed by atoms with Crippen molar-refractivity contribution in [3.8, 4) is 0 Å². The van der Waals surface area contributed by atoms with Crippen molar-refractivity contribution < 1.29 is 4.92 Å². The quantitative estimate of drug-likeness (QED) is 0.343. The standard InChI is InChI=1S/C11H11ClN2O2/c12-11-10(14(15)16)9(6-7-13-11)8-4-2-1-3-5-8/h2,4,6-8H,1,3,5H2. The van der Waals surface area contributed by atoms with Crippen LogP contribution in [0, 0.1) is 10.1 Å². The minimum atomic E-state index is -0.451. The summed E-state index contributed by atoms with van der Waals surface area (Å²) >= 11 is 5.77. The Bertz CT molecular complexity index is 446. The zero-order chi connectivity index (χ0) is 11.5. The van der Waals surface area contributed by atoms with Crippen LogP contribution in [-0.2, 0) is 0 Å². The highest BCUT2D eigenvalue weighted by Crippen LogP contribution is 2.36. The molecule has 1 aliphatic carbocycles. The van der Waals surface area contributed by atoms with Crippen LogP contribution in [0.4, 0.5) is 5.69 Å². The van der Waals surface area contributed by atoms with Crippen LogP contribution < -0.4 is 0 Å². The van der Waals surface area contributed by atoms with Crippen LogP contribution in [0.5, 0.6) is 0 Å². The van der Waals surface area contributed by atoms with E-state index in [1.807, 2.05) is 6.08 Å². The molecular formula is C11H11ClN2O2. The molecule has 16 heavy (non-hydrogen) atoms. The third kappa shape index (κ3) is 2.07. The van der Waals surface area contributed by atoms with Gasteiger partial charge in [0.2, 0.25) is 5.15 Å². The normalized spacial score (nSPS) is 19.7. The summed E-state index contributed by atoms with van der Waals surface area (Å²) in [4.78, 5) is 14.2. The second-order valence-corrected chi connectivity index (χ2v) is 4.12. The Labute approximate surface area is 98.1 Å². The van der Waals surface area contributed by atoms with Gasteiger partial charge in [-0.3, -0.25) is 10.1 Å². The SMILES string of the molecule is O=[N+]([O-])c1c(C2C=CCCC2)ccnc1Cl. The van der Waals surface area contributed by atoms with E-state index >= 15 is 0 Å². The smallest absolute Gasteiger partial charge is 0.258 e. The van der Waals surface area contributed by atoms with Gasteiger partial charge in [-0.15, -0.1) is 0 Å². The molecule has 0 saturated heterocycles. The molecule has 0 saturated carbocycles. The van der Waals surface area contributed by atoms with Gasteiger partial charge in [-0.25, -0.2) is 4.98 Å². The largest absolute Gasteiger partial charge is 0.310 e. The van der Waals surface area contributed by atoms with Gasteiger partial charge in [0.1, 0.15) is 0 Å². The highest BCUT2D eigenvalue weighted by atomic mass is 35.5. The third-order valence-corrected chi connectivity index (χ3v) is 3.02. The Morgan fingerprint density at radius 2 is 2.38 bits per heavy atom. The highest BCUT2D eigenvalue weighted by molar-refractivity contribution is 6.31. The number of nitro groups is 1. The van der Waals surface area contributed by atoms with Gasteiger partial charge in [-0.1, -0.05) is 23.8 Å². The van der Waals surface area contributed by atoms with Gasteiger partial charge in [-0.2, -0.15) is 0 Å². The molecule has 0 aromatic carbocycles. The lowest BCUT2D eigenvalue weighted by Gasteiger charge is -2.16. The number of allylic oxidation sites excluding steroid dienone is 2. The Kier molecular flexibility index (Phi) is 3.19. The van der Waals surface area contributed by atoms with E-state index in [0.29, 0.717) is 5.56 Å². The van der Waals surface area contributed by atoms with Gasteiger partial charge in [0.25, 0.3) is 0 Å². The van der Waals surface area contributed by atoms with Crippen LogP contribution in [-0.4, -0.2) is 9.91 Å². The summed E-state index contributed by atoms with van der Waals surface area (Å²) in [5.41, 5.74) is 0.613. The Morgan fingerprint density at radius 1 is 1.56 bits per heavy atom. The second kappa shape index (κ2) is 4.61. The van der Waals surface area contributed by atoms with Crippen molar-refractivity contribution in [2.45, 2.75) is 25.2 Å². The zero-order valence-electron chi connectivity index (χ0n) is 8.60. The van der Waals surface area contributed by atoms with Crippen molar-refractivity contribution in [2.75, 3.05) is 0 Å². The maximum absolute atomic E-state index is 10.9. The van der Waals surface area contributed by atoms with Crippen molar-refractivity contribution >= 4 is 17.3 Å². The van der Waals surface area contributed by atoms with Crippen LogP contribution in [0.3, 0.4) is 0 Å². The number of halogens is 1. The molecule has 1 unspecified atom stereocenters. The monoisotopic (exact) mass is 238 g/mol. The first-order valence-corrected chi connectivity index (χ1v) is 5.53. The van der Waals surface area contributed by atoms with Gasteiger partial charge in [0.05, 0.1) is 4.92 Å². The third-order valence-electron chi connectivity index (χ3n) is 2.75. The molecule has 0 N–H and O–H groups in total. The fraction of sp³-hybridized carbons (Fsp3) is 0.364. The summed E-state index contributed by atoms with van der Waals surface area (Å²) in [5.74, 6) is 0.0923. The minimum absolute atomic E-state index is 0.0264. The molecule has 0 aliphatic heterocycles. The van der Waals surface area contributed by atoms with Crippen LogP contribution in [0.25, 0.3) is 0 Å². The molecule has 1 aromatic rings. The number of hydrogen-bond donors (Lipinski definition) is 0. The van der Waals surface area contributed by atoms with Crippen LogP contribution >= 0.6 is 11.6 Å². The van der Waals surface area contributed by atoms with Gasteiger partial charge >= 0.3 is 5.69 Å². The average molecular weight is 239 g/mol. The first-order chi connectivity index (χ1) is 7.70. The molecule has 84 valence electrons. The predicted octanol–water partition coefficient (Wildman–Crippen LogP) is 3.47. The van der Waals surface area contributed by atoms with Crippen LogP contribution in [0.15, 0.2) is 24.4 Å². The van der Waals surface area contributed by atoms with Crippen molar-refractivity contribution in [3.05, 3.63) is 45.2 Å². The number of rotatable bonds is 2. The van der Waals surface area contributed by atoms with E-state index in [0.717, 1.165) is 19.3 Å². The summed E-state index contributed by atoms with van der Waals surface area (Å²) in [6.07, 6.45) is 8.63. The summed E-state index contributed by atoms with van der Waals surface area (Å²) in [6, 6.07) is 1.68. The maximum Gasteiger partial charge on any atom is 0.310 e. The van der Waals surface area contributed by atoms with Crippen molar-refractivity contribution in [3.63, 3.8) is 0 Å². The molecule has 1 heterocycles. The summed E-state index contributed by atoms with van der Waals surface area (Å²) in [5, 5.41) is 10.9. The molecule has 1 atom stereocenters. The molecule has 0 fully saturated rings. The first kappa shape index (κ1) is 11.1. The summed E-state index contributed by atoms with van der Waals surface area (Å²) in [7, 11) is 0. The Hall–Kier alpha value is -1.42. The van der Waals surface area contributed by atoms with Gasteiger partial charge in [0.15, 0.2) is 0 Å². The van der Waals surface area contributed by atoms with E-state index < -0.39 is 4.92 Å². The molecule has 0 spiro atoms. The van der Waals surface area contributed by atoms with E-state index in [-0.39, 0.29) is 16.8 Å². The van der Waals surface area contributed by atoms with Gasteiger partial charge in [0, 0.05) is 17.7 Å². The number of hydrogen-bond acceptors (Lipinski definition) is 3. The molecule has 1 aromatic heterocycles. The number of aromatic nitrogens is 1. The molecular weight excluding hydrogens is 228 g/mol. The van der Waals surface area contributed by atoms with Crippen molar-refractivity contribution in [1.29, 1.82) is 0 Å². The highest BCUT2D eigenvalue weighted by Gasteiger charge is 2.25. The van der Waals surface area contributed by atoms with Gasteiger partial charge < -0.3 is 0 Å². The lowest BCUT2D eigenvalue weighted by molar-refractivity contribution is -0.385. The molecule has 2 rings (SSSR count). The fourth-order valence-corrected chi connectivity index (χ4v) is 2.23. The Morgan fingerprint density at radius 3 is 3.00 bits per heavy atom. The number of pyridine rings is 1. The van der Waals surface area contributed by atoms with Crippen molar-refractivity contribution in [1.82, 2.24) is 4.98 Å². The topological polar surface area (TPSA) is 56.0 Å². The van der Waals surface area contributed by atoms with E-state index in [1.165, 1.54) is 6.20 Å². The number of nitrogens with zero attached hydrogens (tertiary/aromatic N) is 2. The molecule has 0 amide bonds. The molecule has 0 radical (unpaired) electrons. The maximum atomic E-state index is 10.9. The molecule has 1 aliphatic rings. The average Bonchev–Trinajstić information content (AvgIpc) is 2.29. The Balaban J connectivity index is 2.47. The van der Waals surface area contributed by atoms with Crippen LogP contribution in [0.1, 0.15) is 30.7 Å². The predicted molar refractivity (Wildman–Crippen MR) is 61.6 cm³/mol. The summed E-state index contributed by atoms with van der Waals surface area (Å²) < 4.78 is 0. The molecule has 0 bridgehead atoms. The van der Waals surface area contributed by atoms with E-state index in [4.69, 9.17) is 11.6 Å². The van der Waals surface area contributed by atoms with E-state index in [1.54, 1.807) is 6.07 Å². The molecule has 5 heteroatoms. The summed E-state index contributed by atoms with van der Waals surface area (Å²) in [6.45, 7) is 0. The first-order valence-electron chi connectivity index (χ1n) is 5.15. The minimum Gasteiger partial charge on any atom is -0.258 e. The lowest BCUT2D eigenvalue weighted by atomic mass is 9.89. The molecule has 4 nitrogen and oxygen atoms in total. The second-order valence-electron chi connectivity index (χ2n) is 3.76. The zero-order valence-corrected chi connectivity index (χ0v) is 9.35. The van der Waals surface area contributed by atoms with Crippen LogP contribution in [0.2, 0.25) is 5.15 Å². The van der Waals surface area contributed by atoms with E-state index in [2.05, 4.69) is 11.1 Å². The lowest BCUT2D eigenvalue weighted by Crippen LogP contribution is -2.04. The van der Waals surface area contributed by atoms with E-state index in [9.17, 15) is 10.1 Å². The fourth-order valence-electron chi connectivity index (χ4n) is 1.99. The van der Waals surface area contributed by atoms with Crippen molar-refractivity contribution in [2.24, 2.45) is 0 Å². The van der Waals surface area contributed by atoms with Gasteiger partial charge in [-0.05, 0) is 25.3 Å².